The van der Waals surface area contributed by atoms with Crippen molar-refractivity contribution in [3.63, 3.8) is 0 Å². The second-order valence-electron chi connectivity index (χ2n) is 3.05. The molecule has 12 heavy (non-hydrogen) atoms. The SMILES string of the molecule is Cc1ccc(C)c2[cH-]ccc12.[Hf]. The van der Waals surface area contributed by atoms with Crippen LogP contribution in [0.1, 0.15) is 11.1 Å². The molecule has 0 aromatic heterocycles. The van der Waals surface area contributed by atoms with Crippen molar-refractivity contribution in [1.82, 2.24) is 0 Å². The van der Waals surface area contributed by atoms with Gasteiger partial charge in [-0.1, -0.05) is 18.6 Å². The molecule has 0 amide bonds. The van der Waals surface area contributed by atoms with Crippen LogP contribution in [0.25, 0.3) is 10.8 Å². The van der Waals surface area contributed by atoms with Gasteiger partial charge in [-0.25, -0.2) is 0 Å². The first-order valence-electron chi connectivity index (χ1n) is 3.90. The molecule has 0 bridgehead atoms. The van der Waals surface area contributed by atoms with E-state index < -0.39 is 0 Å². The van der Waals surface area contributed by atoms with Crippen molar-refractivity contribution in [3.05, 3.63) is 41.5 Å². The minimum absolute atomic E-state index is 0. The van der Waals surface area contributed by atoms with Gasteiger partial charge in [0, 0.05) is 25.8 Å². The van der Waals surface area contributed by atoms with Gasteiger partial charge in [-0.15, -0.1) is 28.5 Å². The molecule has 60 valence electrons. The zero-order chi connectivity index (χ0) is 7.84. The number of rotatable bonds is 0. The summed E-state index contributed by atoms with van der Waals surface area (Å²) in [6.07, 6.45) is 0. The van der Waals surface area contributed by atoms with Crippen LogP contribution in [-0.4, -0.2) is 0 Å². The molecular weight excluding hydrogens is 311 g/mol. The van der Waals surface area contributed by atoms with Crippen molar-refractivity contribution in [2.24, 2.45) is 0 Å². The summed E-state index contributed by atoms with van der Waals surface area (Å²) >= 11 is 0. The van der Waals surface area contributed by atoms with E-state index in [1.165, 1.54) is 21.9 Å². The summed E-state index contributed by atoms with van der Waals surface area (Å²) in [4.78, 5) is 0. The molecule has 2 rings (SSSR count). The van der Waals surface area contributed by atoms with Gasteiger partial charge in [-0.2, -0.15) is 12.1 Å². The van der Waals surface area contributed by atoms with Gasteiger partial charge in [-0.3, -0.25) is 0 Å². The molecule has 2 aromatic rings. The fraction of sp³-hybridized carbons (Fsp3) is 0.182. The van der Waals surface area contributed by atoms with E-state index in [9.17, 15) is 0 Å². The molecule has 0 spiro atoms. The standard InChI is InChI=1S/C11H11.Hf/c1-8-6-7-9(2)11-5-3-4-10(8)11;/h3-7H,1-2H3;/q-1;. The Bertz CT molecular complexity index is 349. The van der Waals surface area contributed by atoms with Crippen molar-refractivity contribution in [2.75, 3.05) is 0 Å². The summed E-state index contributed by atoms with van der Waals surface area (Å²) in [5, 5.41) is 2.79. The largest absolute Gasteiger partial charge is 0.168 e. The number of fused-ring (bicyclic) bond motifs is 1. The van der Waals surface area contributed by atoms with Gasteiger partial charge < -0.3 is 0 Å². The third-order valence-corrected chi connectivity index (χ3v) is 2.25. The molecule has 0 nitrogen and oxygen atoms in total. The molecule has 0 aliphatic heterocycles. The predicted molar refractivity (Wildman–Crippen MR) is 49.0 cm³/mol. The zero-order valence-corrected chi connectivity index (χ0v) is 11.0. The van der Waals surface area contributed by atoms with Crippen LogP contribution in [0.3, 0.4) is 0 Å². The van der Waals surface area contributed by atoms with Crippen LogP contribution in [0, 0.1) is 13.8 Å². The fourth-order valence-electron chi connectivity index (χ4n) is 1.54. The van der Waals surface area contributed by atoms with E-state index in [-0.39, 0.29) is 25.8 Å². The zero-order valence-electron chi connectivity index (χ0n) is 7.39. The summed E-state index contributed by atoms with van der Waals surface area (Å²) < 4.78 is 0. The molecule has 0 radical (unpaired) electrons. The number of hydrogen-bond acceptors (Lipinski definition) is 0. The molecule has 0 fully saturated rings. The van der Waals surface area contributed by atoms with Crippen molar-refractivity contribution < 1.29 is 25.8 Å². The van der Waals surface area contributed by atoms with Crippen LogP contribution < -0.4 is 0 Å². The maximum Gasteiger partial charge on any atom is 0 e. The number of benzene rings is 1. The Morgan fingerprint density at radius 3 is 2.33 bits per heavy atom. The minimum atomic E-state index is 0. The Kier molecular flexibility index (Phi) is 2.94. The van der Waals surface area contributed by atoms with Crippen LogP contribution in [0.5, 0.6) is 0 Å². The Balaban J connectivity index is 0.000000720. The van der Waals surface area contributed by atoms with Gasteiger partial charge in [0.15, 0.2) is 0 Å². The molecule has 1 heteroatoms. The molecular formula is C11H11Hf-. The summed E-state index contributed by atoms with van der Waals surface area (Å²) in [6, 6.07) is 10.8. The molecule has 0 aliphatic rings. The average molecular weight is 322 g/mol. The Hall–Kier alpha value is -0.300. The maximum atomic E-state index is 2.18. The minimum Gasteiger partial charge on any atom is -0.168 e. The van der Waals surface area contributed by atoms with E-state index in [1.807, 2.05) is 0 Å². The smallest absolute Gasteiger partial charge is 0 e. The van der Waals surface area contributed by atoms with Gasteiger partial charge in [0.05, 0.1) is 0 Å². The number of hydrogen-bond donors (Lipinski definition) is 0. The second-order valence-corrected chi connectivity index (χ2v) is 3.05. The fourth-order valence-corrected chi connectivity index (χ4v) is 1.54. The van der Waals surface area contributed by atoms with E-state index in [0.717, 1.165) is 0 Å². The van der Waals surface area contributed by atoms with Crippen molar-refractivity contribution in [2.45, 2.75) is 13.8 Å². The van der Waals surface area contributed by atoms with E-state index in [2.05, 4.69) is 44.2 Å². The van der Waals surface area contributed by atoms with Crippen LogP contribution in [0.2, 0.25) is 0 Å². The Labute approximate surface area is 91.7 Å². The van der Waals surface area contributed by atoms with Crippen molar-refractivity contribution >= 4 is 10.8 Å². The third kappa shape index (κ3) is 1.42. The Morgan fingerprint density at radius 2 is 1.67 bits per heavy atom. The van der Waals surface area contributed by atoms with Crippen molar-refractivity contribution in [3.8, 4) is 0 Å². The van der Waals surface area contributed by atoms with Crippen LogP contribution >= 0.6 is 0 Å². The molecule has 0 aliphatic carbocycles. The predicted octanol–water partition coefficient (Wildman–Crippen LogP) is 3.17. The van der Waals surface area contributed by atoms with E-state index in [1.54, 1.807) is 0 Å². The normalized spacial score (nSPS) is 9.83. The van der Waals surface area contributed by atoms with Crippen LogP contribution in [0.4, 0.5) is 0 Å². The van der Waals surface area contributed by atoms with E-state index >= 15 is 0 Å². The first-order valence-corrected chi connectivity index (χ1v) is 3.90. The molecule has 2 aromatic carbocycles. The first kappa shape index (κ1) is 9.79. The van der Waals surface area contributed by atoms with Gasteiger partial charge in [0.1, 0.15) is 0 Å². The topological polar surface area (TPSA) is 0 Å². The van der Waals surface area contributed by atoms with E-state index in [0.29, 0.717) is 0 Å². The maximum absolute atomic E-state index is 2.18. The monoisotopic (exact) mass is 323 g/mol. The third-order valence-electron chi connectivity index (χ3n) is 2.25. The molecule has 0 saturated carbocycles. The molecule has 0 unspecified atom stereocenters. The Morgan fingerprint density at radius 1 is 1.00 bits per heavy atom. The molecule has 0 N–H and O–H groups in total. The molecule has 0 heterocycles. The van der Waals surface area contributed by atoms with Gasteiger partial charge in [0.2, 0.25) is 0 Å². The number of aryl methyl sites for hydroxylation is 2. The van der Waals surface area contributed by atoms with Crippen LogP contribution in [-0.2, 0) is 25.8 Å². The summed E-state index contributed by atoms with van der Waals surface area (Å²) in [5.74, 6) is 0. The average Bonchev–Trinajstić information content (AvgIpc) is 2.45. The van der Waals surface area contributed by atoms with E-state index in [4.69, 9.17) is 0 Å². The second kappa shape index (κ2) is 3.61. The van der Waals surface area contributed by atoms with Gasteiger partial charge in [0.25, 0.3) is 0 Å². The summed E-state index contributed by atoms with van der Waals surface area (Å²) in [7, 11) is 0. The van der Waals surface area contributed by atoms with Gasteiger partial charge in [-0.05, 0) is 6.92 Å². The molecule has 0 saturated heterocycles. The quantitative estimate of drug-likeness (QED) is 0.516. The van der Waals surface area contributed by atoms with Crippen molar-refractivity contribution in [1.29, 1.82) is 0 Å². The summed E-state index contributed by atoms with van der Waals surface area (Å²) in [5.41, 5.74) is 2.74. The molecule has 0 atom stereocenters. The van der Waals surface area contributed by atoms with Crippen LogP contribution in [0.15, 0.2) is 30.3 Å². The summed E-state index contributed by atoms with van der Waals surface area (Å²) in [6.45, 7) is 4.31. The first-order chi connectivity index (χ1) is 5.29. The van der Waals surface area contributed by atoms with Gasteiger partial charge >= 0.3 is 0 Å².